The first-order valence-electron chi connectivity index (χ1n) is 6.70. The van der Waals surface area contributed by atoms with Gasteiger partial charge in [0.2, 0.25) is 5.88 Å². The molecule has 0 bridgehead atoms. The van der Waals surface area contributed by atoms with Gasteiger partial charge >= 0.3 is 12.0 Å². The number of nitrogens with one attached hydrogen (secondary N) is 1. The van der Waals surface area contributed by atoms with Gasteiger partial charge in [-0.05, 0) is 25.0 Å². The van der Waals surface area contributed by atoms with Crippen LogP contribution in [0.25, 0.3) is 0 Å². The second kappa shape index (κ2) is 5.99. The van der Waals surface area contributed by atoms with E-state index < -0.39 is 11.4 Å². The number of nitrogens with zero attached hydrogens (tertiary/aromatic N) is 2. The number of rotatable bonds is 4. The lowest BCUT2D eigenvalue weighted by molar-refractivity contribution is -0.147. The van der Waals surface area contributed by atoms with Crippen LogP contribution in [0.1, 0.15) is 18.9 Å². The minimum atomic E-state index is -0.864. The van der Waals surface area contributed by atoms with Gasteiger partial charge in [-0.2, -0.15) is 0 Å². The largest absolute Gasteiger partial charge is 0.481 e. The van der Waals surface area contributed by atoms with Crippen LogP contribution in [-0.2, 0) is 11.3 Å². The molecule has 0 saturated carbocycles. The molecule has 7 nitrogen and oxygen atoms in total. The highest BCUT2D eigenvalue weighted by Crippen LogP contribution is 2.29. The van der Waals surface area contributed by atoms with Crippen LogP contribution in [0.4, 0.5) is 4.79 Å². The molecule has 1 aliphatic rings. The molecule has 0 aliphatic carbocycles. The number of pyridine rings is 1. The topological polar surface area (TPSA) is 91.8 Å². The molecule has 0 spiro atoms. The molecule has 1 aliphatic heterocycles. The molecular weight excluding hydrogens is 274 g/mol. The first kappa shape index (κ1) is 15.1. The summed E-state index contributed by atoms with van der Waals surface area (Å²) >= 11 is 0. The van der Waals surface area contributed by atoms with Crippen LogP contribution in [-0.4, -0.2) is 47.2 Å². The Balaban J connectivity index is 1.89. The van der Waals surface area contributed by atoms with Crippen LogP contribution in [0.15, 0.2) is 18.3 Å². The molecule has 2 rings (SSSR count). The lowest BCUT2D eigenvalue weighted by Crippen LogP contribution is -2.40. The van der Waals surface area contributed by atoms with E-state index in [4.69, 9.17) is 9.84 Å². The number of aliphatic carboxylic acids is 1. The van der Waals surface area contributed by atoms with Gasteiger partial charge in [-0.15, -0.1) is 0 Å². The monoisotopic (exact) mass is 293 g/mol. The molecule has 1 atom stereocenters. The number of carbonyl (C=O) groups excluding carboxylic acids is 1. The van der Waals surface area contributed by atoms with Crippen LogP contribution >= 0.6 is 0 Å². The zero-order valence-electron chi connectivity index (χ0n) is 12.1. The zero-order chi connectivity index (χ0) is 15.5. The zero-order valence-corrected chi connectivity index (χ0v) is 12.1. The minimum absolute atomic E-state index is 0.230. The molecule has 1 aromatic rings. The summed E-state index contributed by atoms with van der Waals surface area (Å²) in [4.78, 5) is 28.7. The lowest BCUT2D eigenvalue weighted by Gasteiger charge is -2.20. The van der Waals surface area contributed by atoms with Gasteiger partial charge in [-0.25, -0.2) is 9.78 Å². The second-order valence-corrected chi connectivity index (χ2v) is 5.40. The Morgan fingerprint density at radius 1 is 1.57 bits per heavy atom. The van der Waals surface area contributed by atoms with Crippen LogP contribution in [0.5, 0.6) is 5.88 Å². The van der Waals surface area contributed by atoms with Gasteiger partial charge in [0.05, 0.1) is 12.5 Å². The average molecular weight is 293 g/mol. The van der Waals surface area contributed by atoms with Crippen molar-refractivity contribution in [2.75, 3.05) is 20.2 Å². The van der Waals surface area contributed by atoms with E-state index in [2.05, 4.69) is 10.3 Å². The fourth-order valence-corrected chi connectivity index (χ4v) is 2.27. The van der Waals surface area contributed by atoms with Crippen molar-refractivity contribution in [3.8, 4) is 5.88 Å². The van der Waals surface area contributed by atoms with E-state index in [9.17, 15) is 9.59 Å². The lowest BCUT2D eigenvalue weighted by atomic mass is 9.90. The minimum Gasteiger partial charge on any atom is -0.481 e. The molecule has 21 heavy (non-hydrogen) atoms. The summed E-state index contributed by atoms with van der Waals surface area (Å²) in [5.41, 5.74) is 0.0208. The normalized spacial score (nSPS) is 21.1. The predicted octanol–water partition coefficient (Wildman–Crippen LogP) is 1.10. The number of hydrogen-bond donors (Lipinski definition) is 2. The van der Waals surface area contributed by atoms with Crippen molar-refractivity contribution < 1.29 is 19.4 Å². The van der Waals surface area contributed by atoms with E-state index in [0.717, 1.165) is 5.56 Å². The molecule has 1 saturated heterocycles. The highest BCUT2D eigenvalue weighted by atomic mass is 16.5. The third-order valence-corrected chi connectivity index (χ3v) is 3.73. The third kappa shape index (κ3) is 3.42. The highest BCUT2D eigenvalue weighted by Gasteiger charge is 2.42. The van der Waals surface area contributed by atoms with Crippen molar-refractivity contribution in [2.45, 2.75) is 19.9 Å². The molecule has 2 amide bonds. The maximum Gasteiger partial charge on any atom is 0.317 e. The van der Waals surface area contributed by atoms with E-state index in [1.807, 2.05) is 0 Å². The molecule has 114 valence electrons. The number of aromatic nitrogens is 1. The van der Waals surface area contributed by atoms with Crippen LogP contribution in [0.3, 0.4) is 0 Å². The molecule has 2 heterocycles. The Labute approximate surface area is 122 Å². The van der Waals surface area contributed by atoms with E-state index >= 15 is 0 Å². The van der Waals surface area contributed by atoms with Crippen molar-refractivity contribution in [1.29, 1.82) is 0 Å². The molecule has 1 unspecified atom stereocenters. The van der Waals surface area contributed by atoms with E-state index in [1.165, 1.54) is 12.0 Å². The van der Waals surface area contributed by atoms with Crippen molar-refractivity contribution >= 4 is 12.0 Å². The number of amides is 2. The quantitative estimate of drug-likeness (QED) is 0.867. The number of ether oxygens (including phenoxy) is 1. The number of urea groups is 1. The van der Waals surface area contributed by atoms with E-state index in [1.54, 1.807) is 25.3 Å². The van der Waals surface area contributed by atoms with Crippen molar-refractivity contribution in [3.63, 3.8) is 0 Å². The number of carbonyl (C=O) groups is 2. The summed E-state index contributed by atoms with van der Waals surface area (Å²) < 4.78 is 5.02. The second-order valence-electron chi connectivity index (χ2n) is 5.40. The highest BCUT2D eigenvalue weighted by molar-refractivity contribution is 5.79. The standard InChI is InChI=1S/C14H19N3O4/c1-14(12(18)19)4-6-17(9-14)13(20)16-8-10-3-5-15-11(7-10)21-2/h3,5,7H,4,6,8-9H2,1-2H3,(H,16,20)(H,18,19). The third-order valence-electron chi connectivity index (χ3n) is 3.73. The Morgan fingerprint density at radius 3 is 2.95 bits per heavy atom. The van der Waals surface area contributed by atoms with E-state index in [0.29, 0.717) is 25.4 Å². The molecular formula is C14H19N3O4. The molecule has 0 radical (unpaired) electrons. The Kier molecular flexibility index (Phi) is 4.30. The molecule has 7 heteroatoms. The van der Waals surface area contributed by atoms with Gasteiger partial charge in [0, 0.05) is 31.9 Å². The maximum atomic E-state index is 12.1. The van der Waals surface area contributed by atoms with Gasteiger partial charge in [0.25, 0.3) is 0 Å². The van der Waals surface area contributed by atoms with Gasteiger partial charge in [0.15, 0.2) is 0 Å². The summed E-state index contributed by atoms with van der Waals surface area (Å²) in [5.74, 6) is -0.377. The van der Waals surface area contributed by atoms with Gasteiger partial charge in [-0.1, -0.05) is 0 Å². The fraction of sp³-hybridized carbons (Fsp3) is 0.500. The van der Waals surface area contributed by atoms with Crippen molar-refractivity contribution in [3.05, 3.63) is 23.9 Å². The molecule has 0 aromatic carbocycles. The average Bonchev–Trinajstić information content (AvgIpc) is 2.89. The summed E-state index contributed by atoms with van der Waals surface area (Å²) in [6, 6.07) is 3.27. The van der Waals surface area contributed by atoms with E-state index in [-0.39, 0.29) is 12.6 Å². The summed E-state index contributed by atoms with van der Waals surface area (Å²) in [7, 11) is 1.53. The predicted molar refractivity (Wildman–Crippen MR) is 75.0 cm³/mol. The van der Waals surface area contributed by atoms with Crippen LogP contribution in [0.2, 0.25) is 0 Å². The first-order chi connectivity index (χ1) is 9.94. The number of carboxylic acids is 1. The van der Waals surface area contributed by atoms with Crippen molar-refractivity contribution in [2.24, 2.45) is 5.41 Å². The molecule has 2 N–H and O–H groups in total. The van der Waals surface area contributed by atoms with Gasteiger partial charge in [0.1, 0.15) is 0 Å². The number of methoxy groups -OCH3 is 1. The Hall–Kier alpha value is -2.31. The van der Waals surface area contributed by atoms with Gasteiger partial charge in [-0.3, -0.25) is 4.79 Å². The molecule has 1 fully saturated rings. The van der Waals surface area contributed by atoms with Crippen LogP contribution < -0.4 is 10.1 Å². The summed E-state index contributed by atoms with van der Waals surface area (Å²) in [6.45, 7) is 2.69. The summed E-state index contributed by atoms with van der Waals surface area (Å²) in [5, 5.41) is 11.9. The Bertz CT molecular complexity index is 549. The van der Waals surface area contributed by atoms with Crippen molar-refractivity contribution in [1.82, 2.24) is 15.2 Å². The molecule has 1 aromatic heterocycles. The number of likely N-dealkylation sites (tertiary alicyclic amines) is 1. The number of hydrogen-bond acceptors (Lipinski definition) is 4. The summed E-state index contributed by atoms with van der Waals surface area (Å²) in [6.07, 6.45) is 2.08. The maximum absolute atomic E-state index is 12.1. The first-order valence-corrected chi connectivity index (χ1v) is 6.70. The smallest absolute Gasteiger partial charge is 0.317 e. The number of carboxylic acid groups (broad SMARTS) is 1. The van der Waals surface area contributed by atoms with Gasteiger partial charge < -0.3 is 20.1 Å². The SMILES string of the molecule is COc1cc(CNC(=O)N2CCC(C)(C(=O)O)C2)ccn1. The Morgan fingerprint density at radius 2 is 2.33 bits per heavy atom. The van der Waals surface area contributed by atoms with Crippen LogP contribution in [0, 0.1) is 5.41 Å². The fourth-order valence-electron chi connectivity index (χ4n) is 2.27.